The number of hydrogen-bond donors (Lipinski definition) is 1. The van der Waals surface area contributed by atoms with Crippen LogP contribution in [0.4, 0.5) is 4.39 Å². The Labute approximate surface area is 133 Å². The van der Waals surface area contributed by atoms with Gasteiger partial charge in [0, 0.05) is 11.6 Å². The van der Waals surface area contributed by atoms with Crippen LogP contribution in [0.2, 0.25) is 8.67 Å². The normalized spacial score (nSPS) is 12.7. The van der Waals surface area contributed by atoms with Gasteiger partial charge >= 0.3 is 0 Å². The number of hydrogen-bond acceptors (Lipinski definition) is 2. The Morgan fingerprint density at radius 3 is 2.63 bits per heavy atom. The maximum atomic E-state index is 13.2. The summed E-state index contributed by atoms with van der Waals surface area (Å²) in [6, 6.07) is 6.92. The van der Waals surface area contributed by atoms with Crippen molar-refractivity contribution < 1.29 is 4.39 Å². The van der Waals surface area contributed by atoms with E-state index < -0.39 is 0 Å². The molecule has 0 radical (unpaired) electrons. The Morgan fingerprint density at radius 1 is 1.37 bits per heavy atom. The summed E-state index contributed by atoms with van der Waals surface area (Å²) in [7, 11) is 1.87. The number of halogens is 4. The first-order valence-corrected chi connectivity index (χ1v) is 7.93. The van der Waals surface area contributed by atoms with Crippen molar-refractivity contribution in [2.75, 3.05) is 7.05 Å². The number of thiophene rings is 1. The first-order valence-electron chi connectivity index (χ1n) is 5.57. The van der Waals surface area contributed by atoms with Crippen LogP contribution >= 0.6 is 50.5 Å². The van der Waals surface area contributed by atoms with Gasteiger partial charge in [0.15, 0.2) is 0 Å². The molecule has 0 aliphatic rings. The highest BCUT2D eigenvalue weighted by atomic mass is 79.9. The standard InChI is InChI=1S/C13H11BrCl2FNS/c1-18-11(8-6-12(15)19-13(8)16)5-7-2-3-10(17)9(14)4-7/h2-4,6,11,18H,5H2,1H3. The van der Waals surface area contributed by atoms with Crippen LogP contribution in [0.25, 0.3) is 0 Å². The highest BCUT2D eigenvalue weighted by molar-refractivity contribution is 9.10. The molecular weight excluding hydrogens is 372 g/mol. The molecule has 6 heteroatoms. The Hall–Kier alpha value is -0.130. The van der Waals surface area contributed by atoms with Crippen molar-refractivity contribution in [2.24, 2.45) is 0 Å². The van der Waals surface area contributed by atoms with Gasteiger partial charge in [0.05, 0.1) is 13.1 Å². The summed E-state index contributed by atoms with van der Waals surface area (Å²) in [4.78, 5) is 0. The van der Waals surface area contributed by atoms with E-state index in [1.807, 2.05) is 13.1 Å². The van der Waals surface area contributed by atoms with Gasteiger partial charge in [-0.3, -0.25) is 0 Å². The molecule has 1 aromatic carbocycles. The molecule has 0 spiro atoms. The fourth-order valence-electron chi connectivity index (χ4n) is 1.86. The first kappa shape index (κ1) is 15.3. The topological polar surface area (TPSA) is 12.0 Å². The molecule has 2 aromatic rings. The average molecular weight is 383 g/mol. The van der Waals surface area contributed by atoms with Crippen LogP contribution in [0.5, 0.6) is 0 Å². The van der Waals surface area contributed by atoms with Gasteiger partial charge in [-0.2, -0.15) is 0 Å². The van der Waals surface area contributed by atoms with E-state index in [1.54, 1.807) is 12.1 Å². The molecule has 0 saturated heterocycles. The Bertz CT molecular complexity index is 588. The fraction of sp³-hybridized carbons (Fsp3) is 0.231. The summed E-state index contributed by atoms with van der Waals surface area (Å²) in [6.07, 6.45) is 0.710. The molecule has 102 valence electrons. The van der Waals surface area contributed by atoms with Gasteiger partial charge in [0.1, 0.15) is 5.82 Å². The number of likely N-dealkylation sites (N-methyl/N-ethyl adjacent to an activating group) is 1. The second kappa shape index (κ2) is 6.55. The lowest BCUT2D eigenvalue weighted by molar-refractivity contribution is 0.589. The van der Waals surface area contributed by atoms with Gasteiger partial charge in [0.2, 0.25) is 0 Å². The molecule has 2 rings (SSSR count). The number of benzene rings is 1. The van der Waals surface area contributed by atoms with Gasteiger partial charge in [-0.1, -0.05) is 29.3 Å². The van der Waals surface area contributed by atoms with E-state index in [9.17, 15) is 4.39 Å². The van der Waals surface area contributed by atoms with Gasteiger partial charge in [-0.15, -0.1) is 11.3 Å². The summed E-state index contributed by atoms with van der Waals surface area (Å²) in [5.74, 6) is -0.263. The molecule has 1 nitrogen and oxygen atoms in total. The van der Waals surface area contributed by atoms with Crippen molar-refractivity contribution in [1.82, 2.24) is 5.32 Å². The fourth-order valence-corrected chi connectivity index (χ4v) is 3.87. The van der Waals surface area contributed by atoms with Crippen LogP contribution in [0.1, 0.15) is 17.2 Å². The Morgan fingerprint density at radius 2 is 2.11 bits per heavy atom. The third-order valence-corrected chi connectivity index (χ3v) is 4.96. The SMILES string of the molecule is CNC(Cc1ccc(F)c(Br)c1)c1cc(Cl)sc1Cl. The predicted octanol–water partition coefficient (Wildman–Crippen LogP) is 5.46. The maximum absolute atomic E-state index is 13.2. The zero-order valence-electron chi connectivity index (χ0n) is 10.0. The molecule has 0 amide bonds. The molecule has 1 aromatic heterocycles. The van der Waals surface area contributed by atoms with E-state index >= 15 is 0 Å². The Balaban J connectivity index is 2.23. The Kier molecular flexibility index (Phi) is 5.26. The van der Waals surface area contributed by atoms with E-state index in [2.05, 4.69) is 21.2 Å². The first-order chi connectivity index (χ1) is 9.01. The molecule has 19 heavy (non-hydrogen) atoms. The maximum Gasteiger partial charge on any atom is 0.137 e. The van der Waals surface area contributed by atoms with Crippen molar-refractivity contribution >= 4 is 50.5 Å². The molecule has 0 aliphatic heterocycles. The minimum Gasteiger partial charge on any atom is -0.313 e. The molecule has 1 heterocycles. The monoisotopic (exact) mass is 381 g/mol. The van der Waals surface area contributed by atoms with E-state index in [4.69, 9.17) is 23.2 Å². The number of nitrogens with one attached hydrogen (secondary N) is 1. The van der Waals surface area contributed by atoms with Crippen LogP contribution in [-0.4, -0.2) is 7.05 Å². The largest absolute Gasteiger partial charge is 0.313 e. The molecule has 0 saturated carbocycles. The molecule has 1 unspecified atom stereocenters. The van der Waals surface area contributed by atoms with Crippen LogP contribution in [-0.2, 0) is 6.42 Å². The second-order valence-corrected chi connectivity index (χ2v) is 7.21. The molecule has 0 bridgehead atoms. The lowest BCUT2D eigenvalue weighted by atomic mass is 10.0. The van der Waals surface area contributed by atoms with E-state index in [-0.39, 0.29) is 11.9 Å². The van der Waals surface area contributed by atoms with Gasteiger partial charge in [-0.05, 0) is 53.2 Å². The van der Waals surface area contributed by atoms with Crippen molar-refractivity contribution in [3.05, 3.63) is 54.4 Å². The minimum absolute atomic E-state index is 0.0496. The summed E-state index contributed by atoms with van der Waals surface area (Å²) >= 11 is 16.7. The third-order valence-electron chi connectivity index (χ3n) is 2.83. The van der Waals surface area contributed by atoms with Crippen molar-refractivity contribution in [2.45, 2.75) is 12.5 Å². The molecule has 1 N–H and O–H groups in total. The summed E-state index contributed by atoms with van der Waals surface area (Å²) in [6.45, 7) is 0. The quantitative estimate of drug-likeness (QED) is 0.740. The van der Waals surface area contributed by atoms with Crippen LogP contribution in [0.3, 0.4) is 0 Å². The van der Waals surface area contributed by atoms with Crippen molar-refractivity contribution in [1.29, 1.82) is 0 Å². The van der Waals surface area contributed by atoms with Crippen molar-refractivity contribution in [3.63, 3.8) is 0 Å². The summed E-state index contributed by atoms with van der Waals surface area (Å²) in [5.41, 5.74) is 1.99. The van der Waals surface area contributed by atoms with E-state index in [0.717, 1.165) is 11.1 Å². The minimum atomic E-state index is -0.263. The van der Waals surface area contributed by atoms with Gasteiger partial charge < -0.3 is 5.32 Å². The van der Waals surface area contributed by atoms with Crippen LogP contribution in [0.15, 0.2) is 28.7 Å². The highest BCUT2D eigenvalue weighted by Gasteiger charge is 2.17. The zero-order valence-corrected chi connectivity index (χ0v) is 13.9. The molecule has 1 atom stereocenters. The van der Waals surface area contributed by atoms with Gasteiger partial charge in [0.25, 0.3) is 0 Å². The predicted molar refractivity (Wildman–Crippen MR) is 83.9 cm³/mol. The summed E-state index contributed by atoms with van der Waals surface area (Å²) < 4.78 is 15.0. The van der Waals surface area contributed by atoms with E-state index in [0.29, 0.717) is 19.6 Å². The zero-order chi connectivity index (χ0) is 14.0. The van der Waals surface area contributed by atoms with Crippen LogP contribution in [0, 0.1) is 5.82 Å². The van der Waals surface area contributed by atoms with E-state index in [1.165, 1.54) is 17.4 Å². The lowest BCUT2D eigenvalue weighted by Crippen LogP contribution is -2.18. The average Bonchev–Trinajstić information content (AvgIpc) is 2.70. The number of rotatable bonds is 4. The smallest absolute Gasteiger partial charge is 0.137 e. The molecular formula is C13H11BrCl2FNS. The molecule has 0 aliphatic carbocycles. The second-order valence-electron chi connectivity index (χ2n) is 4.07. The summed E-state index contributed by atoms with van der Waals surface area (Å²) in [5, 5.41) is 3.21. The van der Waals surface area contributed by atoms with Gasteiger partial charge in [-0.25, -0.2) is 4.39 Å². The molecule has 0 fully saturated rings. The lowest BCUT2D eigenvalue weighted by Gasteiger charge is -2.16. The van der Waals surface area contributed by atoms with Crippen molar-refractivity contribution in [3.8, 4) is 0 Å². The van der Waals surface area contributed by atoms with Crippen LogP contribution < -0.4 is 5.32 Å². The third kappa shape index (κ3) is 3.70. The highest BCUT2D eigenvalue weighted by Crippen LogP contribution is 2.36.